The highest BCUT2D eigenvalue weighted by Gasteiger charge is 2.33. The minimum absolute atomic E-state index is 0.00273. The molecule has 2 heterocycles. The van der Waals surface area contributed by atoms with Crippen LogP contribution in [0.2, 0.25) is 0 Å². The number of thiazole rings is 1. The van der Waals surface area contributed by atoms with Crippen LogP contribution >= 0.6 is 11.3 Å². The number of piperazine rings is 1. The van der Waals surface area contributed by atoms with Crippen molar-refractivity contribution in [2.24, 2.45) is 11.8 Å². The van der Waals surface area contributed by atoms with Gasteiger partial charge in [0, 0.05) is 48.6 Å². The van der Waals surface area contributed by atoms with Gasteiger partial charge in [-0.3, -0.25) is 9.59 Å². The predicted octanol–water partition coefficient (Wildman–Crippen LogP) is 3.34. The Labute approximate surface area is 181 Å². The zero-order chi connectivity index (χ0) is 20.5. The molecule has 1 aromatic heterocycles. The van der Waals surface area contributed by atoms with Crippen molar-refractivity contribution in [1.82, 2.24) is 9.88 Å². The molecule has 1 N–H and O–H groups in total. The molecule has 6 nitrogen and oxygen atoms in total. The average molecular weight is 425 g/mol. The smallest absolute Gasteiger partial charge is 0.227 e. The summed E-state index contributed by atoms with van der Waals surface area (Å²) in [6.45, 7) is 3.29. The second kappa shape index (κ2) is 8.38. The number of fused-ring (bicyclic) bond motifs is 1. The standard InChI is InChI=1S/C23H28N4O2S/c28-21(24-18-7-2-1-3-8-18)17-9-10-19-20(15-17)30-23(25-19)27-13-11-26(12-14-27)22(29)16-5-4-6-16/h1-3,7-8,16-17H,4-6,9-15H2,(H,24,28). The minimum Gasteiger partial charge on any atom is -0.345 e. The van der Waals surface area contributed by atoms with Gasteiger partial charge in [0.25, 0.3) is 0 Å². The molecule has 2 fully saturated rings. The summed E-state index contributed by atoms with van der Waals surface area (Å²) in [6, 6.07) is 9.66. The Kier molecular flexibility index (Phi) is 5.46. The van der Waals surface area contributed by atoms with Crippen molar-refractivity contribution in [2.75, 3.05) is 36.4 Å². The highest BCUT2D eigenvalue weighted by Crippen LogP contribution is 2.35. The number of amides is 2. The molecule has 2 aliphatic carbocycles. The van der Waals surface area contributed by atoms with Crippen molar-refractivity contribution in [3.8, 4) is 0 Å². The van der Waals surface area contributed by atoms with Gasteiger partial charge in [-0.1, -0.05) is 24.6 Å². The van der Waals surface area contributed by atoms with E-state index in [1.807, 2.05) is 35.2 Å². The monoisotopic (exact) mass is 424 g/mol. The summed E-state index contributed by atoms with van der Waals surface area (Å²) in [7, 11) is 0. The Bertz CT molecular complexity index is 917. The maximum Gasteiger partial charge on any atom is 0.227 e. The fraction of sp³-hybridized carbons (Fsp3) is 0.522. The first-order valence-corrected chi connectivity index (χ1v) is 11.9. The van der Waals surface area contributed by atoms with E-state index < -0.39 is 0 Å². The van der Waals surface area contributed by atoms with E-state index in [-0.39, 0.29) is 17.7 Å². The van der Waals surface area contributed by atoms with Gasteiger partial charge in [0.05, 0.1) is 5.69 Å². The zero-order valence-corrected chi connectivity index (χ0v) is 18.0. The van der Waals surface area contributed by atoms with Crippen LogP contribution in [0.5, 0.6) is 0 Å². The minimum atomic E-state index is 0.00273. The van der Waals surface area contributed by atoms with E-state index in [1.54, 1.807) is 11.3 Å². The number of rotatable bonds is 4. The summed E-state index contributed by atoms with van der Waals surface area (Å²) < 4.78 is 0. The maximum atomic E-state index is 12.7. The number of carbonyl (C=O) groups is 2. The third-order valence-electron chi connectivity index (χ3n) is 6.66. The number of para-hydroxylation sites is 1. The highest BCUT2D eigenvalue weighted by molar-refractivity contribution is 7.15. The molecule has 1 aliphatic heterocycles. The number of nitrogens with one attached hydrogen (secondary N) is 1. The van der Waals surface area contributed by atoms with Crippen LogP contribution in [0.4, 0.5) is 10.8 Å². The molecule has 3 aliphatic rings. The summed E-state index contributed by atoms with van der Waals surface area (Å²) in [4.78, 5) is 35.7. The van der Waals surface area contributed by atoms with Crippen molar-refractivity contribution in [2.45, 2.75) is 38.5 Å². The second-order valence-corrected chi connectivity index (χ2v) is 9.66. The quantitative estimate of drug-likeness (QED) is 0.818. The highest BCUT2D eigenvalue weighted by atomic mass is 32.1. The molecule has 2 amide bonds. The molecule has 0 bridgehead atoms. The molecule has 7 heteroatoms. The van der Waals surface area contributed by atoms with E-state index in [0.717, 1.165) is 74.8 Å². The van der Waals surface area contributed by atoms with Gasteiger partial charge in [-0.25, -0.2) is 4.98 Å². The fourth-order valence-corrected chi connectivity index (χ4v) is 5.76. The Morgan fingerprint density at radius 1 is 1.00 bits per heavy atom. The zero-order valence-electron chi connectivity index (χ0n) is 17.2. The maximum absolute atomic E-state index is 12.7. The van der Waals surface area contributed by atoms with Crippen LogP contribution in [0.15, 0.2) is 30.3 Å². The molecule has 1 unspecified atom stereocenters. The Morgan fingerprint density at radius 3 is 2.47 bits per heavy atom. The van der Waals surface area contributed by atoms with Gasteiger partial charge in [0.15, 0.2) is 5.13 Å². The number of anilines is 2. The number of benzene rings is 1. The van der Waals surface area contributed by atoms with Crippen LogP contribution in [0, 0.1) is 11.8 Å². The third kappa shape index (κ3) is 3.95. The molecule has 2 aromatic rings. The first-order chi connectivity index (χ1) is 14.7. The fourth-order valence-electron chi connectivity index (χ4n) is 4.52. The topological polar surface area (TPSA) is 65.5 Å². The van der Waals surface area contributed by atoms with Crippen LogP contribution < -0.4 is 10.2 Å². The Hall–Kier alpha value is -2.41. The van der Waals surface area contributed by atoms with E-state index >= 15 is 0 Å². The van der Waals surface area contributed by atoms with E-state index in [2.05, 4.69) is 10.2 Å². The lowest BCUT2D eigenvalue weighted by atomic mass is 9.84. The molecular weight excluding hydrogens is 396 g/mol. The first-order valence-electron chi connectivity index (χ1n) is 11.1. The van der Waals surface area contributed by atoms with Crippen molar-refractivity contribution < 1.29 is 9.59 Å². The number of hydrogen-bond acceptors (Lipinski definition) is 5. The lowest BCUT2D eigenvalue weighted by Gasteiger charge is -2.38. The SMILES string of the molecule is O=C(Nc1ccccc1)C1CCc2nc(N3CCN(C(=O)C4CCC4)CC3)sc2C1. The normalized spacial score (nSPS) is 21.7. The van der Waals surface area contributed by atoms with Gasteiger partial charge in [0.1, 0.15) is 0 Å². The van der Waals surface area contributed by atoms with Crippen LogP contribution in [0.3, 0.4) is 0 Å². The van der Waals surface area contributed by atoms with Crippen molar-refractivity contribution in [1.29, 1.82) is 0 Å². The van der Waals surface area contributed by atoms with Gasteiger partial charge in [-0.15, -0.1) is 11.3 Å². The lowest BCUT2D eigenvalue weighted by molar-refractivity contribution is -0.138. The molecule has 30 heavy (non-hydrogen) atoms. The number of aromatic nitrogens is 1. The number of nitrogens with zero attached hydrogens (tertiary/aromatic N) is 3. The van der Waals surface area contributed by atoms with E-state index in [9.17, 15) is 9.59 Å². The molecule has 5 rings (SSSR count). The van der Waals surface area contributed by atoms with Gasteiger partial charge < -0.3 is 15.1 Å². The average Bonchev–Trinajstić information content (AvgIpc) is 3.16. The molecule has 1 atom stereocenters. The molecule has 1 saturated carbocycles. The van der Waals surface area contributed by atoms with Crippen molar-refractivity contribution >= 4 is 34.0 Å². The third-order valence-corrected chi connectivity index (χ3v) is 7.84. The van der Waals surface area contributed by atoms with E-state index in [4.69, 9.17) is 4.98 Å². The Balaban J connectivity index is 1.18. The molecule has 0 radical (unpaired) electrons. The second-order valence-electron chi connectivity index (χ2n) is 8.60. The summed E-state index contributed by atoms with van der Waals surface area (Å²) >= 11 is 1.73. The van der Waals surface area contributed by atoms with Gasteiger partial charge in [-0.05, 0) is 44.2 Å². The number of carbonyl (C=O) groups excluding carboxylic acids is 2. The van der Waals surface area contributed by atoms with Gasteiger partial charge in [0.2, 0.25) is 11.8 Å². The Morgan fingerprint density at radius 2 is 1.77 bits per heavy atom. The van der Waals surface area contributed by atoms with Crippen molar-refractivity contribution in [3.63, 3.8) is 0 Å². The van der Waals surface area contributed by atoms with Crippen LogP contribution in [0.25, 0.3) is 0 Å². The van der Waals surface area contributed by atoms with Gasteiger partial charge in [-0.2, -0.15) is 0 Å². The summed E-state index contributed by atoms with van der Waals surface area (Å²) in [5, 5.41) is 4.10. The van der Waals surface area contributed by atoms with Crippen LogP contribution in [-0.4, -0.2) is 47.9 Å². The predicted molar refractivity (Wildman–Crippen MR) is 119 cm³/mol. The van der Waals surface area contributed by atoms with E-state index in [1.165, 1.54) is 11.3 Å². The van der Waals surface area contributed by atoms with Crippen LogP contribution in [-0.2, 0) is 22.4 Å². The number of aryl methyl sites for hydroxylation is 1. The molecule has 0 spiro atoms. The molecular formula is C23H28N4O2S. The first kappa shape index (κ1) is 19.5. The molecule has 158 valence electrons. The lowest BCUT2D eigenvalue weighted by Crippen LogP contribution is -2.51. The summed E-state index contributed by atoms with van der Waals surface area (Å²) in [5.74, 6) is 0.738. The summed E-state index contributed by atoms with van der Waals surface area (Å²) in [5.41, 5.74) is 2.01. The van der Waals surface area contributed by atoms with E-state index in [0.29, 0.717) is 5.91 Å². The van der Waals surface area contributed by atoms with Gasteiger partial charge >= 0.3 is 0 Å². The van der Waals surface area contributed by atoms with Crippen molar-refractivity contribution in [3.05, 3.63) is 40.9 Å². The van der Waals surface area contributed by atoms with Crippen LogP contribution in [0.1, 0.15) is 36.3 Å². The molecule has 1 aromatic carbocycles. The largest absolute Gasteiger partial charge is 0.345 e. The number of hydrogen-bond donors (Lipinski definition) is 1. The summed E-state index contributed by atoms with van der Waals surface area (Å²) in [6.07, 6.45) is 5.81. The molecule has 1 saturated heterocycles.